The van der Waals surface area contributed by atoms with Gasteiger partial charge in [0.1, 0.15) is 6.10 Å². The molecular weight excluding hydrogens is 234 g/mol. The smallest absolute Gasteiger partial charge is 0.312 e. The van der Waals surface area contributed by atoms with E-state index in [2.05, 4.69) is 0 Å². The van der Waals surface area contributed by atoms with Crippen LogP contribution in [-0.4, -0.2) is 38.4 Å². The highest BCUT2D eigenvalue weighted by atomic mass is 16.5. The molecule has 2 unspecified atom stereocenters. The molecular formula is C13H19NO4. The number of methoxy groups -OCH3 is 2. The highest BCUT2D eigenvalue weighted by Gasteiger charge is 2.18. The van der Waals surface area contributed by atoms with E-state index in [1.54, 1.807) is 26.4 Å². The molecule has 0 heterocycles. The summed E-state index contributed by atoms with van der Waals surface area (Å²) in [5.74, 6) is -1.58. The second kappa shape index (κ2) is 7.10. The molecule has 0 aliphatic heterocycles. The molecule has 0 saturated carbocycles. The molecule has 2 atom stereocenters. The van der Waals surface area contributed by atoms with E-state index < -0.39 is 11.9 Å². The Morgan fingerprint density at radius 1 is 1.28 bits per heavy atom. The summed E-state index contributed by atoms with van der Waals surface area (Å²) < 4.78 is 10.3. The van der Waals surface area contributed by atoms with E-state index in [-0.39, 0.29) is 12.6 Å². The van der Waals surface area contributed by atoms with Crippen LogP contribution in [0.15, 0.2) is 24.3 Å². The molecule has 0 bridgehead atoms. The molecule has 0 aromatic heterocycles. The highest BCUT2D eigenvalue weighted by Crippen LogP contribution is 2.21. The van der Waals surface area contributed by atoms with E-state index in [4.69, 9.17) is 20.3 Å². The normalized spacial score (nSPS) is 14.2. The van der Waals surface area contributed by atoms with Crippen molar-refractivity contribution in [1.29, 1.82) is 0 Å². The first-order valence-electron chi connectivity index (χ1n) is 5.68. The summed E-state index contributed by atoms with van der Waals surface area (Å²) in [6.07, 6.45) is -0.148. The summed E-state index contributed by atoms with van der Waals surface area (Å²) in [6.45, 7) is 0.537. The maximum atomic E-state index is 11.0. The van der Waals surface area contributed by atoms with E-state index in [1.807, 2.05) is 12.1 Å². The molecule has 1 aromatic carbocycles. The Morgan fingerprint density at radius 2 is 1.83 bits per heavy atom. The van der Waals surface area contributed by atoms with Crippen LogP contribution in [0, 0.1) is 0 Å². The van der Waals surface area contributed by atoms with Gasteiger partial charge in [0.05, 0.1) is 12.5 Å². The van der Waals surface area contributed by atoms with Crippen molar-refractivity contribution in [2.75, 3.05) is 27.4 Å². The molecule has 100 valence electrons. The summed E-state index contributed by atoms with van der Waals surface area (Å²) in [7, 11) is 3.22. The van der Waals surface area contributed by atoms with Crippen LogP contribution in [0.25, 0.3) is 0 Å². The van der Waals surface area contributed by atoms with Crippen LogP contribution in [0.4, 0.5) is 0 Å². The van der Waals surface area contributed by atoms with Gasteiger partial charge in [-0.3, -0.25) is 4.79 Å². The van der Waals surface area contributed by atoms with Crippen molar-refractivity contribution in [3.8, 4) is 0 Å². The molecule has 3 N–H and O–H groups in total. The van der Waals surface area contributed by atoms with Crippen molar-refractivity contribution < 1.29 is 19.4 Å². The standard InChI is InChI=1S/C13H19NO4/c1-17-8-12(18-2)10-5-3-9(4-6-10)11(7-14)13(15)16/h3-6,11-12H,7-8,14H2,1-2H3,(H,15,16). The maximum absolute atomic E-state index is 11.0. The number of carboxylic acids is 1. The van der Waals surface area contributed by atoms with Crippen LogP contribution < -0.4 is 5.73 Å². The zero-order valence-corrected chi connectivity index (χ0v) is 10.6. The topological polar surface area (TPSA) is 81.8 Å². The number of hydrogen-bond acceptors (Lipinski definition) is 4. The van der Waals surface area contributed by atoms with Gasteiger partial charge in [0.25, 0.3) is 0 Å². The number of nitrogens with two attached hydrogens (primary N) is 1. The molecule has 0 saturated heterocycles. The number of ether oxygens (including phenoxy) is 2. The van der Waals surface area contributed by atoms with Gasteiger partial charge in [-0.15, -0.1) is 0 Å². The Hall–Kier alpha value is -1.43. The molecule has 5 nitrogen and oxygen atoms in total. The highest BCUT2D eigenvalue weighted by molar-refractivity contribution is 5.76. The van der Waals surface area contributed by atoms with Gasteiger partial charge >= 0.3 is 5.97 Å². The van der Waals surface area contributed by atoms with Gasteiger partial charge in [0, 0.05) is 20.8 Å². The average molecular weight is 253 g/mol. The molecule has 0 spiro atoms. The van der Waals surface area contributed by atoms with E-state index in [9.17, 15) is 4.79 Å². The van der Waals surface area contributed by atoms with Crippen molar-refractivity contribution in [1.82, 2.24) is 0 Å². The van der Waals surface area contributed by atoms with Crippen LogP contribution in [0.2, 0.25) is 0 Å². The van der Waals surface area contributed by atoms with Crippen molar-refractivity contribution in [2.45, 2.75) is 12.0 Å². The first kappa shape index (κ1) is 14.6. The summed E-state index contributed by atoms with van der Waals surface area (Å²) in [4.78, 5) is 11.0. The van der Waals surface area contributed by atoms with Gasteiger partial charge in [-0.25, -0.2) is 0 Å². The minimum absolute atomic E-state index is 0.0838. The largest absolute Gasteiger partial charge is 0.481 e. The number of carbonyl (C=O) groups is 1. The lowest BCUT2D eigenvalue weighted by molar-refractivity contribution is -0.138. The summed E-state index contributed by atoms with van der Waals surface area (Å²) in [5.41, 5.74) is 7.10. The minimum Gasteiger partial charge on any atom is -0.481 e. The van der Waals surface area contributed by atoms with Crippen LogP contribution >= 0.6 is 0 Å². The third-order valence-corrected chi connectivity index (χ3v) is 2.85. The number of rotatable bonds is 7. The lowest BCUT2D eigenvalue weighted by atomic mass is 9.97. The SMILES string of the molecule is COCC(OC)c1ccc(C(CN)C(=O)O)cc1. The van der Waals surface area contributed by atoms with E-state index in [0.717, 1.165) is 5.56 Å². The molecule has 1 aromatic rings. The third kappa shape index (κ3) is 3.53. The van der Waals surface area contributed by atoms with Crippen LogP contribution in [0.3, 0.4) is 0 Å². The van der Waals surface area contributed by atoms with Crippen LogP contribution in [0.1, 0.15) is 23.1 Å². The Bertz CT molecular complexity index is 377. The average Bonchev–Trinajstić information content (AvgIpc) is 2.37. The Balaban J connectivity index is 2.87. The van der Waals surface area contributed by atoms with Gasteiger partial charge in [-0.2, -0.15) is 0 Å². The van der Waals surface area contributed by atoms with Crippen LogP contribution in [0.5, 0.6) is 0 Å². The molecule has 0 aliphatic rings. The fourth-order valence-corrected chi connectivity index (χ4v) is 1.77. The number of hydrogen-bond donors (Lipinski definition) is 2. The second-order valence-electron chi connectivity index (χ2n) is 3.97. The molecule has 5 heteroatoms. The molecule has 0 amide bonds. The Morgan fingerprint density at radius 3 is 2.22 bits per heavy atom. The number of benzene rings is 1. The van der Waals surface area contributed by atoms with Gasteiger partial charge in [0.2, 0.25) is 0 Å². The number of aliphatic carboxylic acids is 1. The fraction of sp³-hybridized carbons (Fsp3) is 0.462. The zero-order chi connectivity index (χ0) is 13.5. The zero-order valence-electron chi connectivity index (χ0n) is 10.6. The Labute approximate surface area is 107 Å². The second-order valence-corrected chi connectivity index (χ2v) is 3.97. The predicted octanol–water partition coefficient (Wildman–Crippen LogP) is 1.15. The van der Waals surface area contributed by atoms with Crippen molar-refractivity contribution >= 4 is 5.97 Å². The summed E-state index contributed by atoms with van der Waals surface area (Å²) in [5, 5.41) is 9.01. The van der Waals surface area contributed by atoms with E-state index >= 15 is 0 Å². The summed E-state index contributed by atoms with van der Waals surface area (Å²) in [6, 6.07) is 7.22. The van der Waals surface area contributed by atoms with E-state index in [1.165, 1.54) is 0 Å². The molecule has 18 heavy (non-hydrogen) atoms. The monoisotopic (exact) mass is 253 g/mol. The quantitative estimate of drug-likeness (QED) is 0.761. The van der Waals surface area contributed by atoms with E-state index in [0.29, 0.717) is 12.2 Å². The van der Waals surface area contributed by atoms with Crippen molar-refractivity contribution in [2.24, 2.45) is 5.73 Å². The van der Waals surface area contributed by atoms with Crippen LogP contribution in [-0.2, 0) is 14.3 Å². The van der Waals surface area contributed by atoms with Gasteiger partial charge in [0.15, 0.2) is 0 Å². The maximum Gasteiger partial charge on any atom is 0.312 e. The minimum atomic E-state index is -0.912. The molecule has 1 rings (SSSR count). The molecule has 0 aliphatic carbocycles. The Kier molecular flexibility index (Phi) is 5.77. The van der Waals surface area contributed by atoms with Gasteiger partial charge in [-0.05, 0) is 11.1 Å². The third-order valence-electron chi connectivity index (χ3n) is 2.85. The summed E-state index contributed by atoms with van der Waals surface area (Å²) >= 11 is 0. The fourth-order valence-electron chi connectivity index (χ4n) is 1.77. The first-order chi connectivity index (χ1) is 8.63. The van der Waals surface area contributed by atoms with Gasteiger partial charge in [-0.1, -0.05) is 24.3 Å². The van der Waals surface area contributed by atoms with Crippen molar-refractivity contribution in [3.63, 3.8) is 0 Å². The molecule has 0 radical (unpaired) electrons. The number of carboxylic acid groups (broad SMARTS) is 1. The lowest BCUT2D eigenvalue weighted by Gasteiger charge is -2.16. The van der Waals surface area contributed by atoms with Crippen molar-refractivity contribution in [3.05, 3.63) is 35.4 Å². The predicted molar refractivity (Wildman–Crippen MR) is 67.5 cm³/mol. The van der Waals surface area contributed by atoms with Gasteiger partial charge < -0.3 is 20.3 Å². The molecule has 0 fully saturated rings. The lowest BCUT2D eigenvalue weighted by Crippen LogP contribution is -2.21. The first-order valence-corrected chi connectivity index (χ1v) is 5.68.